The van der Waals surface area contributed by atoms with Crippen molar-refractivity contribution in [3.05, 3.63) is 33.9 Å². The Kier molecular flexibility index (Phi) is 4.61. The molecule has 0 fully saturated rings. The van der Waals surface area contributed by atoms with Crippen molar-refractivity contribution in [3.63, 3.8) is 0 Å². The zero-order chi connectivity index (χ0) is 13.7. The molecule has 1 aromatic carbocycles. The van der Waals surface area contributed by atoms with E-state index in [0.29, 0.717) is 5.56 Å². The van der Waals surface area contributed by atoms with Gasteiger partial charge in [-0.05, 0) is 12.1 Å². The fraction of sp³-hybridized carbons (Fsp3) is 0.364. The zero-order valence-corrected chi connectivity index (χ0v) is 10.2. The number of aliphatic carboxylic acids is 1. The lowest BCUT2D eigenvalue weighted by Gasteiger charge is -2.14. The maximum Gasteiger partial charge on any atom is 0.317 e. The van der Waals surface area contributed by atoms with Gasteiger partial charge in [0.1, 0.15) is 0 Å². The molecule has 0 heterocycles. The lowest BCUT2D eigenvalue weighted by Crippen LogP contribution is -2.22. The molecule has 1 aromatic rings. The second-order valence-corrected chi connectivity index (χ2v) is 3.96. The predicted octanol–water partition coefficient (Wildman–Crippen LogP) is 0.835. The zero-order valence-electron chi connectivity index (χ0n) is 10.2. The topological polar surface area (TPSA) is 95.7 Å². The normalized spacial score (nSPS) is 10.1. The largest absolute Gasteiger partial charge is 0.480 e. The molecule has 0 aliphatic carbocycles. The van der Waals surface area contributed by atoms with E-state index in [2.05, 4.69) is 5.32 Å². The first-order chi connectivity index (χ1) is 8.41. The average molecular weight is 253 g/mol. The number of benzene rings is 1. The number of nitro benzene ring substituents is 1. The number of carbonyl (C=O) groups is 1. The second kappa shape index (κ2) is 5.97. The van der Waals surface area contributed by atoms with Crippen molar-refractivity contribution in [1.82, 2.24) is 5.32 Å². The molecule has 1 rings (SSSR count). The van der Waals surface area contributed by atoms with Gasteiger partial charge in [0.2, 0.25) is 0 Å². The molecule has 7 heteroatoms. The highest BCUT2D eigenvalue weighted by molar-refractivity contribution is 5.69. The average Bonchev–Trinajstić information content (AvgIpc) is 2.27. The number of rotatable bonds is 6. The molecule has 0 spiro atoms. The van der Waals surface area contributed by atoms with Gasteiger partial charge in [0, 0.05) is 38.0 Å². The van der Waals surface area contributed by atoms with E-state index in [9.17, 15) is 14.9 Å². The third kappa shape index (κ3) is 3.70. The van der Waals surface area contributed by atoms with E-state index in [1.165, 1.54) is 6.07 Å². The Bertz CT molecular complexity index is 460. The summed E-state index contributed by atoms with van der Waals surface area (Å²) >= 11 is 0. The van der Waals surface area contributed by atoms with E-state index >= 15 is 0 Å². The van der Waals surface area contributed by atoms with Crippen molar-refractivity contribution >= 4 is 17.3 Å². The SMILES string of the molecule is CN(C)c1ccc([N+](=O)[O-])c(CNCC(=O)O)c1. The number of hydrogen-bond acceptors (Lipinski definition) is 5. The summed E-state index contributed by atoms with van der Waals surface area (Å²) in [5.74, 6) is -0.999. The lowest BCUT2D eigenvalue weighted by atomic mass is 10.1. The van der Waals surface area contributed by atoms with Crippen LogP contribution in [0.15, 0.2) is 18.2 Å². The van der Waals surface area contributed by atoms with E-state index in [4.69, 9.17) is 5.11 Å². The minimum atomic E-state index is -0.999. The quantitative estimate of drug-likeness (QED) is 0.576. The number of carboxylic acid groups (broad SMARTS) is 1. The number of nitro groups is 1. The van der Waals surface area contributed by atoms with E-state index in [0.717, 1.165) is 5.69 Å². The van der Waals surface area contributed by atoms with Gasteiger partial charge in [-0.1, -0.05) is 0 Å². The first-order valence-corrected chi connectivity index (χ1v) is 5.29. The van der Waals surface area contributed by atoms with Crippen molar-refractivity contribution in [2.75, 3.05) is 25.5 Å². The molecule has 0 radical (unpaired) electrons. The van der Waals surface area contributed by atoms with Crippen LogP contribution in [0.2, 0.25) is 0 Å². The summed E-state index contributed by atoms with van der Waals surface area (Å²) in [7, 11) is 3.66. The van der Waals surface area contributed by atoms with Gasteiger partial charge in [0.25, 0.3) is 5.69 Å². The van der Waals surface area contributed by atoms with Crippen molar-refractivity contribution in [1.29, 1.82) is 0 Å². The molecule has 0 aromatic heterocycles. The monoisotopic (exact) mass is 253 g/mol. The molecule has 7 nitrogen and oxygen atoms in total. The van der Waals surface area contributed by atoms with Crippen LogP contribution in [0, 0.1) is 10.1 Å². The third-order valence-corrected chi connectivity index (χ3v) is 2.37. The molecule has 2 N–H and O–H groups in total. The van der Waals surface area contributed by atoms with E-state index in [-0.39, 0.29) is 18.8 Å². The Morgan fingerprint density at radius 3 is 2.67 bits per heavy atom. The van der Waals surface area contributed by atoms with E-state index in [1.54, 1.807) is 12.1 Å². The minimum absolute atomic E-state index is 0.0153. The maximum absolute atomic E-state index is 10.8. The number of hydrogen-bond donors (Lipinski definition) is 2. The molecule has 0 saturated carbocycles. The second-order valence-electron chi connectivity index (χ2n) is 3.96. The van der Waals surface area contributed by atoms with Crippen LogP contribution in [0.1, 0.15) is 5.56 Å². The van der Waals surface area contributed by atoms with Gasteiger partial charge in [0.15, 0.2) is 0 Å². The highest BCUT2D eigenvalue weighted by atomic mass is 16.6. The van der Waals surface area contributed by atoms with Crippen molar-refractivity contribution in [3.8, 4) is 0 Å². The van der Waals surface area contributed by atoms with E-state index < -0.39 is 10.9 Å². The molecule has 0 unspecified atom stereocenters. The number of nitrogens with one attached hydrogen (secondary N) is 1. The number of nitrogens with zero attached hydrogens (tertiary/aromatic N) is 2. The summed E-state index contributed by atoms with van der Waals surface area (Å²) in [6, 6.07) is 4.75. The number of carboxylic acids is 1. The molecular formula is C11H15N3O4. The van der Waals surface area contributed by atoms with Gasteiger partial charge in [-0.15, -0.1) is 0 Å². The van der Waals surface area contributed by atoms with Gasteiger partial charge in [0.05, 0.1) is 11.5 Å². The summed E-state index contributed by atoms with van der Waals surface area (Å²) in [6.07, 6.45) is 0. The fourth-order valence-corrected chi connectivity index (χ4v) is 1.47. The van der Waals surface area contributed by atoms with Gasteiger partial charge in [-0.3, -0.25) is 14.9 Å². The summed E-state index contributed by atoms with van der Waals surface area (Å²) in [4.78, 5) is 22.6. The van der Waals surface area contributed by atoms with Crippen LogP contribution in [0.3, 0.4) is 0 Å². The predicted molar refractivity (Wildman–Crippen MR) is 66.8 cm³/mol. The smallest absolute Gasteiger partial charge is 0.317 e. The van der Waals surface area contributed by atoms with Gasteiger partial charge >= 0.3 is 5.97 Å². The summed E-state index contributed by atoms with van der Waals surface area (Å²) in [6.45, 7) is -0.0896. The van der Waals surface area contributed by atoms with Crippen molar-refractivity contribution in [2.24, 2.45) is 0 Å². The van der Waals surface area contributed by atoms with Crippen LogP contribution in [0.5, 0.6) is 0 Å². The Morgan fingerprint density at radius 1 is 1.50 bits per heavy atom. The van der Waals surface area contributed by atoms with Crippen molar-refractivity contribution < 1.29 is 14.8 Å². The molecule has 0 aliphatic rings. The molecule has 98 valence electrons. The molecule has 0 saturated heterocycles. The van der Waals surface area contributed by atoms with Crippen LogP contribution in [-0.4, -0.2) is 36.6 Å². The Balaban J connectivity index is 2.93. The molecule has 0 aliphatic heterocycles. The molecular weight excluding hydrogens is 238 g/mol. The van der Waals surface area contributed by atoms with Crippen LogP contribution < -0.4 is 10.2 Å². The maximum atomic E-state index is 10.8. The van der Waals surface area contributed by atoms with Gasteiger partial charge < -0.3 is 15.3 Å². The van der Waals surface area contributed by atoms with Crippen LogP contribution in [0.4, 0.5) is 11.4 Å². The molecule has 0 bridgehead atoms. The van der Waals surface area contributed by atoms with Crippen LogP contribution in [-0.2, 0) is 11.3 Å². The first-order valence-electron chi connectivity index (χ1n) is 5.29. The number of anilines is 1. The Morgan fingerprint density at radius 2 is 2.17 bits per heavy atom. The summed E-state index contributed by atoms with van der Waals surface area (Å²) < 4.78 is 0. The van der Waals surface area contributed by atoms with Crippen LogP contribution >= 0.6 is 0 Å². The highest BCUT2D eigenvalue weighted by Gasteiger charge is 2.14. The molecule has 0 atom stereocenters. The fourth-order valence-electron chi connectivity index (χ4n) is 1.47. The summed E-state index contributed by atoms with van der Waals surface area (Å²) in [5.41, 5.74) is 1.28. The van der Waals surface area contributed by atoms with E-state index in [1.807, 2.05) is 19.0 Å². The first kappa shape index (κ1) is 13.9. The third-order valence-electron chi connectivity index (χ3n) is 2.37. The van der Waals surface area contributed by atoms with Crippen LogP contribution in [0.25, 0.3) is 0 Å². The lowest BCUT2D eigenvalue weighted by molar-refractivity contribution is -0.385. The standard InChI is InChI=1S/C11H15N3O4/c1-13(2)9-3-4-10(14(17)18)8(5-9)6-12-7-11(15)16/h3-5,12H,6-7H2,1-2H3,(H,15,16). The Hall–Kier alpha value is -2.15. The molecule has 0 amide bonds. The molecule has 18 heavy (non-hydrogen) atoms. The van der Waals surface area contributed by atoms with Gasteiger partial charge in [-0.25, -0.2) is 0 Å². The van der Waals surface area contributed by atoms with Gasteiger partial charge in [-0.2, -0.15) is 0 Å². The summed E-state index contributed by atoms with van der Waals surface area (Å²) in [5, 5.41) is 22.0. The highest BCUT2D eigenvalue weighted by Crippen LogP contribution is 2.23. The van der Waals surface area contributed by atoms with Crippen molar-refractivity contribution in [2.45, 2.75) is 6.54 Å². The Labute approximate surface area is 104 Å². The minimum Gasteiger partial charge on any atom is -0.480 e.